The number of hydrogen-bond donors (Lipinski definition) is 2. The second kappa shape index (κ2) is 7.64. The van der Waals surface area contributed by atoms with Crippen LogP contribution >= 0.6 is 0 Å². The monoisotopic (exact) mass is 326 g/mol. The lowest BCUT2D eigenvalue weighted by atomic mass is 10.1. The van der Waals surface area contributed by atoms with E-state index in [4.69, 9.17) is 0 Å². The zero-order valence-corrected chi connectivity index (χ0v) is 14.4. The number of rotatable bonds is 5. The minimum absolute atomic E-state index is 0.123. The summed E-state index contributed by atoms with van der Waals surface area (Å²) in [5, 5.41) is 5.97. The van der Waals surface area contributed by atoms with Crippen molar-refractivity contribution in [1.29, 1.82) is 0 Å². The molecule has 0 bridgehead atoms. The van der Waals surface area contributed by atoms with E-state index < -0.39 is 0 Å². The largest absolute Gasteiger partial charge is 0.465 e. The molecule has 0 aromatic heterocycles. The lowest BCUT2D eigenvalue weighted by molar-refractivity contribution is -0.114. The molecule has 2 aromatic rings. The Kier molecular flexibility index (Phi) is 5.58. The first kappa shape index (κ1) is 17.5. The van der Waals surface area contributed by atoms with Gasteiger partial charge >= 0.3 is 5.97 Å². The van der Waals surface area contributed by atoms with E-state index in [9.17, 15) is 9.59 Å². The fraction of sp³-hybridized carbons (Fsp3) is 0.263. The highest BCUT2D eigenvalue weighted by Crippen LogP contribution is 2.21. The molecule has 5 nitrogen and oxygen atoms in total. The van der Waals surface area contributed by atoms with Gasteiger partial charge in [0.2, 0.25) is 5.91 Å². The van der Waals surface area contributed by atoms with Crippen molar-refractivity contribution < 1.29 is 14.3 Å². The molecule has 0 saturated heterocycles. The molecule has 2 aromatic carbocycles. The Balaban J connectivity index is 1.95. The number of amides is 1. The van der Waals surface area contributed by atoms with Gasteiger partial charge in [-0.05, 0) is 56.2 Å². The molecular weight excluding hydrogens is 304 g/mol. The summed E-state index contributed by atoms with van der Waals surface area (Å²) >= 11 is 0. The number of benzene rings is 2. The molecular formula is C19H22N2O3. The predicted octanol–water partition coefficient (Wildman–Crippen LogP) is 3.45. The predicted molar refractivity (Wildman–Crippen MR) is 95.6 cm³/mol. The number of anilines is 2. The van der Waals surface area contributed by atoms with Crippen molar-refractivity contribution in [3.8, 4) is 0 Å². The fourth-order valence-corrected chi connectivity index (χ4v) is 2.59. The van der Waals surface area contributed by atoms with Crippen LogP contribution in [0.1, 0.15) is 27.0 Å². The number of carbonyl (C=O) groups is 2. The quantitative estimate of drug-likeness (QED) is 0.826. The van der Waals surface area contributed by atoms with Crippen LogP contribution < -0.4 is 10.6 Å². The topological polar surface area (TPSA) is 67.4 Å². The third-order valence-electron chi connectivity index (χ3n) is 3.70. The van der Waals surface area contributed by atoms with Gasteiger partial charge < -0.3 is 15.4 Å². The summed E-state index contributed by atoms with van der Waals surface area (Å²) in [5.74, 6) is -0.508. The Morgan fingerprint density at radius 1 is 1.00 bits per heavy atom. The molecule has 2 rings (SSSR count). The standard InChI is InChI=1S/C19H22N2O3/c1-12-9-13(2)18(14(3)10-12)21-17(22)11-20-16-7-5-15(6-8-16)19(23)24-4/h5-10,20H,11H2,1-4H3,(H,21,22). The number of carbonyl (C=O) groups excluding carboxylic acids is 2. The Morgan fingerprint density at radius 3 is 2.12 bits per heavy atom. The Bertz CT molecular complexity index is 729. The minimum Gasteiger partial charge on any atom is -0.465 e. The zero-order valence-electron chi connectivity index (χ0n) is 14.4. The van der Waals surface area contributed by atoms with Crippen LogP contribution in [0, 0.1) is 20.8 Å². The fourth-order valence-electron chi connectivity index (χ4n) is 2.59. The van der Waals surface area contributed by atoms with Crippen molar-refractivity contribution in [3.05, 3.63) is 58.7 Å². The van der Waals surface area contributed by atoms with Gasteiger partial charge in [0.1, 0.15) is 0 Å². The Morgan fingerprint density at radius 2 is 1.58 bits per heavy atom. The second-order valence-electron chi connectivity index (χ2n) is 5.74. The van der Waals surface area contributed by atoms with Crippen molar-refractivity contribution >= 4 is 23.3 Å². The number of hydrogen-bond acceptors (Lipinski definition) is 4. The van der Waals surface area contributed by atoms with E-state index in [0.717, 1.165) is 22.5 Å². The molecule has 24 heavy (non-hydrogen) atoms. The lowest BCUT2D eigenvalue weighted by Gasteiger charge is -2.13. The first-order chi connectivity index (χ1) is 11.4. The summed E-state index contributed by atoms with van der Waals surface area (Å²) < 4.78 is 4.65. The molecule has 0 radical (unpaired) electrons. The van der Waals surface area contributed by atoms with Crippen molar-refractivity contribution in [3.63, 3.8) is 0 Å². The van der Waals surface area contributed by atoms with Gasteiger partial charge in [-0.1, -0.05) is 17.7 Å². The SMILES string of the molecule is COC(=O)c1ccc(NCC(=O)Nc2c(C)cc(C)cc2C)cc1. The number of aryl methyl sites for hydroxylation is 3. The van der Waals surface area contributed by atoms with Crippen LogP contribution in [0.15, 0.2) is 36.4 Å². The van der Waals surface area contributed by atoms with Crippen LogP contribution in [0.25, 0.3) is 0 Å². The maximum atomic E-state index is 12.1. The maximum Gasteiger partial charge on any atom is 0.337 e. The maximum absolute atomic E-state index is 12.1. The summed E-state index contributed by atoms with van der Waals surface area (Å²) in [6, 6.07) is 10.9. The van der Waals surface area contributed by atoms with Crippen LogP contribution in [0.2, 0.25) is 0 Å². The van der Waals surface area contributed by atoms with E-state index in [1.165, 1.54) is 12.7 Å². The molecule has 5 heteroatoms. The average molecular weight is 326 g/mol. The van der Waals surface area contributed by atoms with Crippen LogP contribution in [0.4, 0.5) is 11.4 Å². The Labute approximate surface area is 142 Å². The van der Waals surface area contributed by atoms with Gasteiger partial charge in [-0.2, -0.15) is 0 Å². The van der Waals surface area contributed by atoms with Crippen LogP contribution in [0.5, 0.6) is 0 Å². The second-order valence-corrected chi connectivity index (χ2v) is 5.74. The van der Waals surface area contributed by atoms with Gasteiger partial charge in [-0.15, -0.1) is 0 Å². The van der Waals surface area contributed by atoms with E-state index in [1.807, 2.05) is 32.9 Å². The number of ether oxygens (including phenoxy) is 1. The highest BCUT2D eigenvalue weighted by atomic mass is 16.5. The lowest BCUT2D eigenvalue weighted by Crippen LogP contribution is -2.22. The zero-order chi connectivity index (χ0) is 17.7. The van der Waals surface area contributed by atoms with Crippen molar-refractivity contribution in [2.75, 3.05) is 24.3 Å². The molecule has 126 valence electrons. The van der Waals surface area contributed by atoms with Gasteiger partial charge in [0.15, 0.2) is 0 Å². The van der Waals surface area contributed by atoms with Crippen LogP contribution in [0.3, 0.4) is 0 Å². The van der Waals surface area contributed by atoms with Gasteiger partial charge in [0.25, 0.3) is 0 Å². The number of nitrogens with one attached hydrogen (secondary N) is 2. The molecule has 1 amide bonds. The molecule has 0 aliphatic heterocycles. The highest BCUT2D eigenvalue weighted by Gasteiger charge is 2.09. The normalized spacial score (nSPS) is 10.2. The first-order valence-electron chi connectivity index (χ1n) is 7.70. The molecule has 0 atom stereocenters. The summed E-state index contributed by atoms with van der Waals surface area (Å²) in [4.78, 5) is 23.5. The third kappa shape index (κ3) is 4.35. The van der Waals surface area contributed by atoms with E-state index >= 15 is 0 Å². The number of methoxy groups -OCH3 is 1. The van der Waals surface area contributed by atoms with E-state index in [-0.39, 0.29) is 18.4 Å². The molecule has 0 spiro atoms. The molecule has 0 aliphatic rings. The summed E-state index contributed by atoms with van der Waals surface area (Å²) in [7, 11) is 1.34. The smallest absolute Gasteiger partial charge is 0.337 e. The summed E-state index contributed by atoms with van der Waals surface area (Å²) in [5.41, 5.74) is 5.35. The number of esters is 1. The minimum atomic E-state index is -0.385. The third-order valence-corrected chi connectivity index (χ3v) is 3.70. The van der Waals surface area contributed by atoms with E-state index in [2.05, 4.69) is 15.4 Å². The molecule has 2 N–H and O–H groups in total. The molecule has 0 fully saturated rings. The van der Waals surface area contributed by atoms with Gasteiger partial charge in [-0.3, -0.25) is 4.79 Å². The van der Waals surface area contributed by atoms with E-state index in [1.54, 1.807) is 24.3 Å². The molecule has 0 aliphatic carbocycles. The highest BCUT2D eigenvalue weighted by molar-refractivity contribution is 5.95. The van der Waals surface area contributed by atoms with Crippen molar-refractivity contribution in [1.82, 2.24) is 0 Å². The van der Waals surface area contributed by atoms with Gasteiger partial charge in [0, 0.05) is 11.4 Å². The average Bonchev–Trinajstić information content (AvgIpc) is 2.56. The van der Waals surface area contributed by atoms with Crippen molar-refractivity contribution in [2.45, 2.75) is 20.8 Å². The van der Waals surface area contributed by atoms with Gasteiger partial charge in [-0.25, -0.2) is 4.79 Å². The van der Waals surface area contributed by atoms with Crippen molar-refractivity contribution in [2.24, 2.45) is 0 Å². The van der Waals surface area contributed by atoms with Gasteiger partial charge in [0.05, 0.1) is 19.2 Å². The molecule has 0 saturated carbocycles. The van der Waals surface area contributed by atoms with E-state index in [0.29, 0.717) is 5.56 Å². The Hall–Kier alpha value is -2.82. The van der Waals surface area contributed by atoms with Crippen LogP contribution in [-0.4, -0.2) is 25.5 Å². The summed E-state index contributed by atoms with van der Waals surface area (Å²) in [6.07, 6.45) is 0. The summed E-state index contributed by atoms with van der Waals surface area (Å²) in [6.45, 7) is 6.14. The van der Waals surface area contributed by atoms with Crippen LogP contribution in [-0.2, 0) is 9.53 Å². The first-order valence-corrected chi connectivity index (χ1v) is 7.70. The molecule has 0 unspecified atom stereocenters. The molecule has 0 heterocycles.